The minimum atomic E-state index is 0.297. The second kappa shape index (κ2) is 4.78. The van der Waals surface area contributed by atoms with Gasteiger partial charge in [-0.25, -0.2) is 0 Å². The molecule has 1 heterocycles. The van der Waals surface area contributed by atoms with E-state index >= 15 is 0 Å². The molecule has 0 aromatic heterocycles. The van der Waals surface area contributed by atoms with Gasteiger partial charge in [-0.2, -0.15) is 0 Å². The van der Waals surface area contributed by atoms with E-state index in [2.05, 4.69) is 18.7 Å². The van der Waals surface area contributed by atoms with Crippen LogP contribution < -0.4 is 5.73 Å². The molecule has 0 radical (unpaired) electrons. The van der Waals surface area contributed by atoms with Crippen LogP contribution in [0.15, 0.2) is 0 Å². The van der Waals surface area contributed by atoms with E-state index in [9.17, 15) is 0 Å². The van der Waals surface area contributed by atoms with Crippen LogP contribution in [0, 0.1) is 10.8 Å². The van der Waals surface area contributed by atoms with Gasteiger partial charge in [0.2, 0.25) is 0 Å². The third kappa shape index (κ3) is 2.71. The first kappa shape index (κ1) is 11.5. The molecule has 1 aliphatic heterocycles. The van der Waals surface area contributed by atoms with E-state index in [0.29, 0.717) is 17.8 Å². The first-order valence-electron chi connectivity index (χ1n) is 5.67. The first-order chi connectivity index (χ1) is 6.62. The Morgan fingerprint density at radius 2 is 1.79 bits per heavy atom. The van der Waals surface area contributed by atoms with E-state index < -0.39 is 0 Å². The Hall–Kier alpha value is -0.570. The molecule has 1 rings (SSSR count). The monoisotopic (exact) mass is 197 g/mol. The summed E-state index contributed by atoms with van der Waals surface area (Å²) in [7, 11) is 0. The Balaban J connectivity index is 2.40. The number of nitrogens with two attached hydrogens (primary N) is 1. The highest BCUT2D eigenvalue weighted by Gasteiger charge is 2.30. The third-order valence-corrected chi connectivity index (χ3v) is 3.81. The van der Waals surface area contributed by atoms with Gasteiger partial charge in [0, 0.05) is 0 Å². The van der Waals surface area contributed by atoms with Gasteiger partial charge >= 0.3 is 0 Å². The molecule has 0 saturated carbocycles. The average molecular weight is 197 g/mol. The number of nitrogens with one attached hydrogen (secondary N) is 1. The minimum absolute atomic E-state index is 0.297. The molecule has 0 aromatic rings. The van der Waals surface area contributed by atoms with Gasteiger partial charge in [-0.3, -0.25) is 10.3 Å². The van der Waals surface area contributed by atoms with Crippen LogP contribution in [0.1, 0.15) is 39.5 Å². The molecule has 0 aromatic carbocycles. The van der Waals surface area contributed by atoms with Crippen molar-refractivity contribution in [3.8, 4) is 0 Å². The fourth-order valence-corrected chi connectivity index (χ4v) is 2.38. The topological polar surface area (TPSA) is 53.1 Å². The lowest BCUT2D eigenvalue weighted by Gasteiger charge is -2.40. The third-order valence-electron chi connectivity index (χ3n) is 3.81. The predicted octanol–water partition coefficient (Wildman–Crippen LogP) is 1.82. The van der Waals surface area contributed by atoms with E-state index in [1.807, 2.05) is 0 Å². The number of nitrogens with zero attached hydrogens (tertiary/aromatic N) is 1. The van der Waals surface area contributed by atoms with Gasteiger partial charge in [0.1, 0.15) is 5.84 Å². The lowest BCUT2D eigenvalue weighted by Crippen LogP contribution is -2.43. The van der Waals surface area contributed by atoms with Crippen molar-refractivity contribution in [2.75, 3.05) is 19.6 Å². The summed E-state index contributed by atoms with van der Waals surface area (Å²) in [4.78, 5) is 2.30. The van der Waals surface area contributed by atoms with Crippen LogP contribution in [0.3, 0.4) is 0 Å². The standard InChI is InChI=1S/C11H23N3/c1-3-11(4-2)5-7-14(8-6-11)9-10(12)13/h3-9H2,1-2H3,(H3,12,13). The highest BCUT2D eigenvalue weighted by Crippen LogP contribution is 2.37. The molecular weight excluding hydrogens is 174 g/mol. The second-order valence-electron chi connectivity index (χ2n) is 4.51. The van der Waals surface area contributed by atoms with Crippen LogP contribution >= 0.6 is 0 Å². The SMILES string of the molecule is CCC1(CC)CCN(CC(=N)N)CC1. The van der Waals surface area contributed by atoms with Crippen LogP contribution in [0.5, 0.6) is 0 Å². The molecule has 14 heavy (non-hydrogen) atoms. The summed E-state index contributed by atoms with van der Waals surface area (Å²) in [6.07, 6.45) is 5.12. The van der Waals surface area contributed by atoms with Crippen LogP contribution in [0.2, 0.25) is 0 Å². The Morgan fingerprint density at radius 1 is 1.29 bits per heavy atom. The van der Waals surface area contributed by atoms with Crippen molar-refractivity contribution < 1.29 is 0 Å². The molecule has 0 spiro atoms. The molecule has 1 fully saturated rings. The zero-order chi connectivity index (χ0) is 10.6. The Morgan fingerprint density at radius 3 is 2.14 bits per heavy atom. The molecule has 82 valence electrons. The molecule has 0 bridgehead atoms. The van der Waals surface area contributed by atoms with Crippen LogP contribution in [0.25, 0.3) is 0 Å². The lowest BCUT2D eigenvalue weighted by molar-refractivity contribution is 0.106. The quantitative estimate of drug-likeness (QED) is 0.533. The van der Waals surface area contributed by atoms with Crippen molar-refractivity contribution in [3.05, 3.63) is 0 Å². The summed E-state index contributed by atoms with van der Waals surface area (Å²) in [5.41, 5.74) is 5.97. The van der Waals surface area contributed by atoms with Crippen molar-refractivity contribution in [3.63, 3.8) is 0 Å². The van der Waals surface area contributed by atoms with Gasteiger partial charge in [-0.05, 0) is 31.3 Å². The van der Waals surface area contributed by atoms with Gasteiger partial charge in [-0.1, -0.05) is 26.7 Å². The van der Waals surface area contributed by atoms with Gasteiger partial charge in [0.05, 0.1) is 6.54 Å². The molecule has 1 saturated heterocycles. The normalized spacial score (nSPS) is 22.1. The molecule has 0 atom stereocenters. The Kier molecular flexibility index (Phi) is 3.93. The lowest BCUT2D eigenvalue weighted by atomic mass is 9.74. The van der Waals surface area contributed by atoms with Crippen molar-refractivity contribution in [1.82, 2.24) is 4.90 Å². The molecule has 0 unspecified atom stereocenters. The largest absolute Gasteiger partial charge is 0.387 e. The van der Waals surface area contributed by atoms with E-state index in [1.54, 1.807) is 0 Å². The first-order valence-corrected chi connectivity index (χ1v) is 5.67. The zero-order valence-corrected chi connectivity index (χ0v) is 9.47. The van der Waals surface area contributed by atoms with Gasteiger partial charge < -0.3 is 5.73 Å². The number of hydrogen-bond acceptors (Lipinski definition) is 2. The van der Waals surface area contributed by atoms with E-state index in [1.165, 1.54) is 25.7 Å². The number of rotatable bonds is 4. The molecule has 0 aliphatic carbocycles. The average Bonchev–Trinajstić information content (AvgIpc) is 2.19. The summed E-state index contributed by atoms with van der Waals surface area (Å²) < 4.78 is 0. The van der Waals surface area contributed by atoms with E-state index in [4.69, 9.17) is 11.1 Å². The predicted molar refractivity (Wildman–Crippen MR) is 60.6 cm³/mol. The van der Waals surface area contributed by atoms with Crippen molar-refractivity contribution in [2.45, 2.75) is 39.5 Å². The molecular formula is C11H23N3. The van der Waals surface area contributed by atoms with Crippen LogP contribution in [-0.2, 0) is 0 Å². The molecule has 3 N–H and O–H groups in total. The molecule has 3 heteroatoms. The van der Waals surface area contributed by atoms with E-state index in [0.717, 1.165) is 13.1 Å². The maximum atomic E-state index is 7.26. The molecule has 3 nitrogen and oxygen atoms in total. The second-order valence-corrected chi connectivity index (χ2v) is 4.51. The fraction of sp³-hybridized carbons (Fsp3) is 0.909. The summed E-state index contributed by atoms with van der Waals surface area (Å²) in [6, 6.07) is 0. The van der Waals surface area contributed by atoms with Crippen LogP contribution in [0.4, 0.5) is 0 Å². The van der Waals surface area contributed by atoms with Crippen molar-refractivity contribution in [2.24, 2.45) is 11.1 Å². The fourth-order valence-electron chi connectivity index (χ4n) is 2.38. The van der Waals surface area contributed by atoms with Gasteiger partial charge in [0.15, 0.2) is 0 Å². The summed E-state index contributed by atoms with van der Waals surface area (Å²) in [5, 5.41) is 7.26. The summed E-state index contributed by atoms with van der Waals surface area (Å²) in [6.45, 7) is 7.47. The zero-order valence-electron chi connectivity index (χ0n) is 9.47. The van der Waals surface area contributed by atoms with E-state index in [-0.39, 0.29) is 0 Å². The van der Waals surface area contributed by atoms with Gasteiger partial charge in [0.25, 0.3) is 0 Å². The highest BCUT2D eigenvalue weighted by atomic mass is 15.1. The molecule has 0 amide bonds. The highest BCUT2D eigenvalue weighted by molar-refractivity contribution is 5.78. The maximum absolute atomic E-state index is 7.26. The smallest absolute Gasteiger partial charge is 0.105 e. The Bertz CT molecular complexity index is 187. The molecule has 1 aliphatic rings. The number of likely N-dealkylation sites (tertiary alicyclic amines) is 1. The van der Waals surface area contributed by atoms with Crippen molar-refractivity contribution >= 4 is 5.84 Å². The number of hydrogen-bond donors (Lipinski definition) is 2. The van der Waals surface area contributed by atoms with Crippen LogP contribution in [-0.4, -0.2) is 30.4 Å². The Labute approximate surface area is 87.2 Å². The van der Waals surface area contributed by atoms with Gasteiger partial charge in [-0.15, -0.1) is 0 Å². The minimum Gasteiger partial charge on any atom is -0.387 e. The number of amidine groups is 1. The number of piperidine rings is 1. The summed E-state index contributed by atoms with van der Waals surface area (Å²) >= 11 is 0. The summed E-state index contributed by atoms with van der Waals surface area (Å²) in [5.74, 6) is 0.297. The van der Waals surface area contributed by atoms with Crippen molar-refractivity contribution in [1.29, 1.82) is 5.41 Å². The maximum Gasteiger partial charge on any atom is 0.105 e.